The fourth-order valence-corrected chi connectivity index (χ4v) is 1.47. The molecular formula is C14H12FN3O. The van der Waals surface area contributed by atoms with Crippen LogP contribution in [0.2, 0.25) is 0 Å². The number of hydrogen-bond acceptors (Lipinski definition) is 3. The van der Waals surface area contributed by atoms with Crippen LogP contribution in [0.4, 0.5) is 4.39 Å². The van der Waals surface area contributed by atoms with Gasteiger partial charge in [-0.05, 0) is 24.3 Å². The Kier molecular flexibility index (Phi) is 3.87. The number of pyridine rings is 1. The highest BCUT2D eigenvalue weighted by Crippen LogP contribution is 2.07. The molecule has 0 atom stereocenters. The molecule has 0 saturated carbocycles. The predicted octanol–water partition coefficient (Wildman–Crippen LogP) is 2.13. The minimum atomic E-state index is -0.573. The van der Waals surface area contributed by atoms with Crippen molar-refractivity contribution in [2.45, 2.75) is 0 Å². The van der Waals surface area contributed by atoms with Gasteiger partial charge in [0.15, 0.2) is 0 Å². The van der Waals surface area contributed by atoms with E-state index in [4.69, 9.17) is 0 Å². The maximum absolute atomic E-state index is 13.4. The first-order valence-electron chi connectivity index (χ1n) is 5.58. The number of carbonyl (C=O) groups excluding carboxylic acids is 1. The zero-order valence-corrected chi connectivity index (χ0v) is 10.1. The molecule has 4 nitrogen and oxygen atoms in total. The van der Waals surface area contributed by atoms with E-state index in [-0.39, 0.29) is 5.56 Å². The first-order valence-corrected chi connectivity index (χ1v) is 5.58. The van der Waals surface area contributed by atoms with Gasteiger partial charge in [-0.25, -0.2) is 4.39 Å². The average Bonchev–Trinajstić information content (AvgIpc) is 2.46. The highest BCUT2D eigenvalue weighted by atomic mass is 19.1. The molecule has 1 amide bonds. The largest absolute Gasteiger partial charge is 0.298 e. The summed E-state index contributed by atoms with van der Waals surface area (Å²) in [6, 6.07) is 9.23. The third-order valence-electron chi connectivity index (χ3n) is 2.47. The second kappa shape index (κ2) is 5.77. The molecule has 2 N–H and O–H groups in total. The molecule has 2 aromatic rings. The summed E-state index contributed by atoms with van der Waals surface area (Å²) < 4.78 is 13.4. The van der Waals surface area contributed by atoms with Gasteiger partial charge in [-0.1, -0.05) is 18.7 Å². The van der Waals surface area contributed by atoms with Crippen molar-refractivity contribution in [1.82, 2.24) is 15.8 Å². The minimum absolute atomic E-state index is 0.0301. The van der Waals surface area contributed by atoms with Crippen molar-refractivity contribution in [1.29, 1.82) is 0 Å². The molecule has 19 heavy (non-hydrogen) atoms. The molecule has 1 heterocycles. The van der Waals surface area contributed by atoms with Gasteiger partial charge in [0.25, 0.3) is 5.91 Å². The van der Waals surface area contributed by atoms with Crippen molar-refractivity contribution in [2.75, 3.05) is 0 Å². The number of amides is 1. The Morgan fingerprint density at radius 2 is 1.79 bits per heavy atom. The first-order chi connectivity index (χ1) is 9.18. The molecule has 96 valence electrons. The van der Waals surface area contributed by atoms with E-state index < -0.39 is 11.7 Å². The van der Waals surface area contributed by atoms with Crippen LogP contribution in [0.1, 0.15) is 15.9 Å². The SMILES string of the molecule is C=C(NNC(=O)c1ccccc1F)c1ccncc1. The normalized spacial score (nSPS) is 9.74. The second-order valence-electron chi connectivity index (χ2n) is 3.77. The van der Waals surface area contributed by atoms with E-state index in [1.807, 2.05) is 0 Å². The zero-order chi connectivity index (χ0) is 13.7. The Morgan fingerprint density at radius 3 is 2.47 bits per heavy atom. The quantitative estimate of drug-likeness (QED) is 0.825. The van der Waals surface area contributed by atoms with Crippen LogP contribution in [0.3, 0.4) is 0 Å². The van der Waals surface area contributed by atoms with Gasteiger partial charge in [0.05, 0.1) is 11.3 Å². The van der Waals surface area contributed by atoms with Gasteiger partial charge in [0, 0.05) is 18.0 Å². The lowest BCUT2D eigenvalue weighted by molar-refractivity contribution is 0.0938. The number of carbonyl (C=O) groups is 1. The fraction of sp³-hybridized carbons (Fsp3) is 0. The summed E-state index contributed by atoms with van der Waals surface area (Å²) in [4.78, 5) is 15.6. The summed E-state index contributed by atoms with van der Waals surface area (Å²) in [5.41, 5.74) is 6.27. The van der Waals surface area contributed by atoms with Crippen molar-refractivity contribution in [3.05, 3.63) is 72.3 Å². The Labute approximate surface area is 110 Å². The summed E-state index contributed by atoms with van der Waals surface area (Å²) in [5.74, 6) is -1.13. The number of halogens is 1. The van der Waals surface area contributed by atoms with E-state index in [2.05, 4.69) is 22.4 Å². The smallest absolute Gasteiger partial charge is 0.272 e. The predicted molar refractivity (Wildman–Crippen MR) is 70.3 cm³/mol. The molecule has 1 aromatic heterocycles. The van der Waals surface area contributed by atoms with Crippen molar-refractivity contribution in [3.8, 4) is 0 Å². The number of rotatable bonds is 4. The van der Waals surface area contributed by atoms with Crippen molar-refractivity contribution >= 4 is 11.6 Å². The lowest BCUT2D eigenvalue weighted by Crippen LogP contribution is -2.36. The number of nitrogens with one attached hydrogen (secondary N) is 2. The van der Waals surface area contributed by atoms with Crippen LogP contribution >= 0.6 is 0 Å². The zero-order valence-electron chi connectivity index (χ0n) is 10.1. The van der Waals surface area contributed by atoms with Gasteiger partial charge in [0.2, 0.25) is 0 Å². The van der Waals surface area contributed by atoms with Gasteiger partial charge in [-0.2, -0.15) is 0 Å². The number of benzene rings is 1. The molecule has 0 fully saturated rings. The summed E-state index contributed by atoms with van der Waals surface area (Å²) in [5, 5.41) is 0. The molecule has 0 radical (unpaired) electrons. The van der Waals surface area contributed by atoms with Crippen molar-refractivity contribution < 1.29 is 9.18 Å². The summed E-state index contributed by atoms with van der Waals surface area (Å²) in [7, 11) is 0. The van der Waals surface area contributed by atoms with Crippen LogP contribution in [0, 0.1) is 5.82 Å². The molecule has 0 aliphatic carbocycles. The van der Waals surface area contributed by atoms with Crippen LogP contribution in [0.5, 0.6) is 0 Å². The van der Waals surface area contributed by atoms with Gasteiger partial charge in [-0.3, -0.25) is 20.6 Å². The van der Waals surface area contributed by atoms with Crippen LogP contribution in [-0.2, 0) is 0 Å². The van der Waals surface area contributed by atoms with E-state index in [1.165, 1.54) is 18.2 Å². The maximum Gasteiger partial charge on any atom is 0.272 e. The molecule has 1 aromatic carbocycles. The number of aromatic nitrogens is 1. The molecule has 0 aliphatic rings. The molecule has 0 bridgehead atoms. The van der Waals surface area contributed by atoms with Crippen molar-refractivity contribution in [3.63, 3.8) is 0 Å². The third kappa shape index (κ3) is 3.16. The standard InChI is InChI=1S/C14H12FN3O/c1-10(11-6-8-16-9-7-11)17-18-14(19)12-4-2-3-5-13(12)15/h2-9,17H,1H2,(H,18,19). The lowest BCUT2D eigenvalue weighted by Gasteiger charge is -2.11. The molecular weight excluding hydrogens is 245 g/mol. The summed E-state index contributed by atoms with van der Waals surface area (Å²) >= 11 is 0. The van der Waals surface area contributed by atoms with E-state index in [1.54, 1.807) is 30.6 Å². The molecule has 0 unspecified atom stereocenters. The maximum atomic E-state index is 13.4. The highest BCUT2D eigenvalue weighted by molar-refractivity contribution is 5.94. The highest BCUT2D eigenvalue weighted by Gasteiger charge is 2.10. The Hall–Kier alpha value is -2.69. The third-order valence-corrected chi connectivity index (χ3v) is 2.47. The molecule has 0 saturated heterocycles. The van der Waals surface area contributed by atoms with Crippen LogP contribution in [0.25, 0.3) is 5.70 Å². The molecule has 2 rings (SSSR count). The van der Waals surface area contributed by atoms with E-state index in [9.17, 15) is 9.18 Å². The van der Waals surface area contributed by atoms with Crippen LogP contribution < -0.4 is 10.9 Å². The van der Waals surface area contributed by atoms with E-state index in [0.29, 0.717) is 5.70 Å². The molecule has 0 spiro atoms. The average molecular weight is 257 g/mol. The van der Waals surface area contributed by atoms with Gasteiger partial charge >= 0.3 is 0 Å². The number of hydrogen-bond donors (Lipinski definition) is 2. The Bertz CT molecular complexity index is 599. The molecule has 0 aliphatic heterocycles. The summed E-state index contributed by atoms with van der Waals surface area (Å²) in [6.07, 6.45) is 3.22. The Balaban J connectivity index is 1.98. The summed E-state index contributed by atoms with van der Waals surface area (Å²) in [6.45, 7) is 3.77. The van der Waals surface area contributed by atoms with Gasteiger partial charge < -0.3 is 0 Å². The van der Waals surface area contributed by atoms with E-state index >= 15 is 0 Å². The number of hydrazine groups is 1. The lowest BCUT2D eigenvalue weighted by atomic mass is 10.2. The van der Waals surface area contributed by atoms with Crippen LogP contribution in [0.15, 0.2) is 55.4 Å². The minimum Gasteiger partial charge on any atom is -0.298 e. The monoisotopic (exact) mass is 257 g/mol. The second-order valence-corrected chi connectivity index (χ2v) is 3.77. The van der Waals surface area contributed by atoms with Gasteiger partial charge in [-0.15, -0.1) is 0 Å². The van der Waals surface area contributed by atoms with Gasteiger partial charge in [0.1, 0.15) is 5.82 Å². The first kappa shape index (κ1) is 12.8. The van der Waals surface area contributed by atoms with Crippen molar-refractivity contribution in [2.24, 2.45) is 0 Å². The Morgan fingerprint density at radius 1 is 1.11 bits per heavy atom. The van der Waals surface area contributed by atoms with Crippen LogP contribution in [-0.4, -0.2) is 10.9 Å². The number of nitrogens with zero attached hydrogens (tertiary/aromatic N) is 1. The fourth-order valence-electron chi connectivity index (χ4n) is 1.47. The van der Waals surface area contributed by atoms with E-state index in [0.717, 1.165) is 5.56 Å². The molecule has 5 heteroatoms. The topological polar surface area (TPSA) is 54.0 Å².